The molecule has 1 saturated heterocycles. The summed E-state index contributed by atoms with van der Waals surface area (Å²) in [5.41, 5.74) is 1.19. The molecule has 0 aliphatic carbocycles. The van der Waals surface area contributed by atoms with Crippen molar-refractivity contribution in [2.24, 2.45) is 0 Å². The number of rotatable bonds is 6. The number of ether oxygens (including phenoxy) is 1. The van der Waals surface area contributed by atoms with Crippen molar-refractivity contribution in [3.05, 3.63) is 66.2 Å². The highest BCUT2D eigenvalue weighted by Crippen LogP contribution is 2.24. The lowest BCUT2D eigenvalue weighted by atomic mass is 10.1. The van der Waals surface area contributed by atoms with E-state index in [1.165, 1.54) is 11.8 Å². The molecule has 134 valence electrons. The summed E-state index contributed by atoms with van der Waals surface area (Å²) in [6, 6.07) is 20.1. The van der Waals surface area contributed by atoms with Gasteiger partial charge in [0.1, 0.15) is 12.4 Å². The molecular weight excluding hydrogens is 336 g/mol. The van der Waals surface area contributed by atoms with E-state index in [2.05, 4.69) is 17.0 Å². The molecule has 1 atom stereocenters. The van der Waals surface area contributed by atoms with Crippen LogP contribution < -0.4 is 4.74 Å². The summed E-state index contributed by atoms with van der Waals surface area (Å²) in [7, 11) is -3.12. The molecule has 1 heterocycles. The molecule has 0 N–H and O–H groups in total. The van der Waals surface area contributed by atoms with Crippen molar-refractivity contribution in [1.82, 2.24) is 9.21 Å². The zero-order chi connectivity index (χ0) is 17.7. The van der Waals surface area contributed by atoms with E-state index in [0.29, 0.717) is 32.8 Å². The Morgan fingerprint density at radius 1 is 0.920 bits per heavy atom. The van der Waals surface area contributed by atoms with Crippen LogP contribution in [0.5, 0.6) is 5.75 Å². The van der Waals surface area contributed by atoms with Crippen LogP contribution in [0.1, 0.15) is 11.6 Å². The summed E-state index contributed by atoms with van der Waals surface area (Å²) in [5.74, 6) is 0.846. The maximum atomic E-state index is 11.7. The third-order valence-corrected chi connectivity index (χ3v) is 5.82. The van der Waals surface area contributed by atoms with E-state index < -0.39 is 10.0 Å². The van der Waals surface area contributed by atoms with E-state index in [-0.39, 0.29) is 6.04 Å². The normalized spacial score (nSPS) is 18.0. The molecule has 1 aliphatic heterocycles. The van der Waals surface area contributed by atoms with Gasteiger partial charge in [-0.05, 0) is 17.7 Å². The maximum absolute atomic E-state index is 11.7. The largest absolute Gasteiger partial charge is 0.492 e. The molecule has 1 aliphatic rings. The van der Waals surface area contributed by atoms with Gasteiger partial charge in [-0.2, -0.15) is 4.31 Å². The highest BCUT2D eigenvalue weighted by atomic mass is 32.2. The van der Waals surface area contributed by atoms with Gasteiger partial charge >= 0.3 is 0 Å². The highest BCUT2D eigenvalue weighted by molar-refractivity contribution is 7.88. The summed E-state index contributed by atoms with van der Waals surface area (Å²) in [5, 5.41) is 0. The van der Waals surface area contributed by atoms with Gasteiger partial charge < -0.3 is 4.74 Å². The lowest BCUT2D eigenvalue weighted by Crippen LogP contribution is -2.50. The zero-order valence-electron chi connectivity index (χ0n) is 14.4. The number of piperazine rings is 1. The summed E-state index contributed by atoms with van der Waals surface area (Å²) in [6.45, 7) is 2.98. The van der Waals surface area contributed by atoms with Crippen molar-refractivity contribution >= 4 is 10.0 Å². The lowest BCUT2D eigenvalue weighted by molar-refractivity contribution is 0.0987. The molecule has 2 aromatic carbocycles. The number of para-hydroxylation sites is 1. The van der Waals surface area contributed by atoms with Gasteiger partial charge in [0.05, 0.1) is 12.3 Å². The Morgan fingerprint density at radius 3 is 2.04 bits per heavy atom. The molecule has 3 rings (SSSR count). The first kappa shape index (κ1) is 17.9. The average molecular weight is 360 g/mol. The number of hydrogen-bond acceptors (Lipinski definition) is 4. The molecule has 0 spiro atoms. The fraction of sp³-hybridized carbons (Fsp3) is 0.368. The Bertz CT molecular complexity index is 758. The van der Waals surface area contributed by atoms with Crippen LogP contribution in [0.2, 0.25) is 0 Å². The highest BCUT2D eigenvalue weighted by Gasteiger charge is 2.28. The van der Waals surface area contributed by atoms with Gasteiger partial charge in [0, 0.05) is 26.2 Å². The van der Waals surface area contributed by atoms with E-state index in [1.54, 1.807) is 4.31 Å². The predicted octanol–water partition coefficient (Wildman–Crippen LogP) is 2.38. The number of sulfonamides is 1. The van der Waals surface area contributed by atoms with E-state index >= 15 is 0 Å². The third-order valence-electron chi connectivity index (χ3n) is 4.52. The quantitative estimate of drug-likeness (QED) is 0.794. The first-order chi connectivity index (χ1) is 12.0. The maximum Gasteiger partial charge on any atom is 0.211 e. The van der Waals surface area contributed by atoms with Crippen LogP contribution in [0.15, 0.2) is 60.7 Å². The van der Waals surface area contributed by atoms with E-state index in [1.807, 2.05) is 48.5 Å². The smallest absolute Gasteiger partial charge is 0.211 e. The molecular formula is C19H24N2O3S. The minimum atomic E-state index is -3.12. The van der Waals surface area contributed by atoms with Crippen molar-refractivity contribution < 1.29 is 13.2 Å². The van der Waals surface area contributed by atoms with Crippen molar-refractivity contribution in [1.29, 1.82) is 0 Å². The topological polar surface area (TPSA) is 49.9 Å². The molecule has 25 heavy (non-hydrogen) atoms. The fourth-order valence-corrected chi connectivity index (χ4v) is 3.95. The van der Waals surface area contributed by atoms with E-state index in [4.69, 9.17) is 4.74 Å². The molecule has 5 nitrogen and oxygen atoms in total. The average Bonchev–Trinajstić information content (AvgIpc) is 2.63. The molecule has 0 bridgehead atoms. The zero-order valence-corrected chi connectivity index (χ0v) is 15.2. The number of nitrogens with zero attached hydrogens (tertiary/aromatic N) is 2. The summed E-state index contributed by atoms with van der Waals surface area (Å²) >= 11 is 0. The van der Waals surface area contributed by atoms with Gasteiger partial charge in [0.25, 0.3) is 0 Å². The van der Waals surface area contributed by atoms with Gasteiger partial charge in [-0.3, -0.25) is 4.90 Å². The Balaban J connectivity index is 1.71. The minimum Gasteiger partial charge on any atom is -0.492 e. The van der Waals surface area contributed by atoms with Crippen molar-refractivity contribution in [2.45, 2.75) is 6.04 Å². The van der Waals surface area contributed by atoms with Crippen LogP contribution in [-0.2, 0) is 10.0 Å². The molecule has 1 unspecified atom stereocenters. The van der Waals surface area contributed by atoms with Crippen molar-refractivity contribution in [2.75, 3.05) is 39.0 Å². The van der Waals surface area contributed by atoms with Gasteiger partial charge in [0.15, 0.2) is 0 Å². The van der Waals surface area contributed by atoms with E-state index in [9.17, 15) is 8.42 Å². The van der Waals surface area contributed by atoms with Crippen molar-refractivity contribution in [3.8, 4) is 5.75 Å². The SMILES string of the molecule is CS(=O)(=O)N1CCN(C(COc2ccccc2)c2ccccc2)CC1. The van der Waals surface area contributed by atoms with Crippen LogP contribution in [0.3, 0.4) is 0 Å². The predicted molar refractivity (Wildman–Crippen MR) is 99.1 cm³/mol. The molecule has 0 saturated carbocycles. The summed E-state index contributed by atoms with van der Waals surface area (Å²) < 4.78 is 31.0. The van der Waals surface area contributed by atoms with Gasteiger partial charge in [-0.1, -0.05) is 48.5 Å². The standard InChI is InChI=1S/C19H24N2O3S/c1-25(22,23)21-14-12-20(13-15-21)19(17-8-4-2-5-9-17)16-24-18-10-6-3-7-11-18/h2-11,19H,12-16H2,1H3. The third kappa shape index (κ3) is 4.81. The molecule has 6 heteroatoms. The number of benzene rings is 2. The molecule has 0 amide bonds. The Labute approximate surface area is 149 Å². The second-order valence-electron chi connectivity index (χ2n) is 6.25. The Kier molecular flexibility index (Phi) is 5.73. The minimum absolute atomic E-state index is 0.100. The summed E-state index contributed by atoms with van der Waals surface area (Å²) in [6.07, 6.45) is 1.27. The van der Waals surface area contributed by atoms with Crippen LogP contribution in [0.25, 0.3) is 0 Å². The first-order valence-electron chi connectivity index (χ1n) is 8.46. The molecule has 2 aromatic rings. The van der Waals surface area contributed by atoms with Gasteiger partial charge in [-0.25, -0.2) is 8.42 Å². The van der Waals surface area contributed by atoms with Crippen LogP contribution in [-0.4, -0.2) is 56.7 Å². The van der Waals surface area contributed by atoms with Crippen molar-refractivity contribution in [3.63, 3.8) is 0 Å². The first-order valence-corrected chi connectivity index (χ1v) is 10.3. The fourth-order valence-electron chi connectivity index (χ4n) is 3.13. The van der Waals surface area contributed by atoms with Gasteiger partial charge in [0.2, 0.25) is 10.0 Å². The molecule has 0 aromatic heterocycles. The van der Waals surface area contributed by atoms with Crippen LogP contribution in [0.4, 0.5) is 0 Å². The Hall–Kier alpha value is -1.89. The monoisotopic (exact) mass is 360 g/mol. The van der Waals surface area contributed by atoms with Gasteiger partial charge in [-0.15, -0.1) is 0 Å². The second kappa shape index (κ2) is 7.99. The molecule has 1 fully saturated rings. The Morgan fingerprint density at radius 2 is 1.48 bits per heavy atom. The van der Waals surface area contributed by atoms with E-state index in [0.717, 1.165) is 5.75 Å². The summed E-state index contributed by atoms with van der Waals surface area (Å²) in [4.78, 5) is 2.31. The number of hydrogen-bond donors (Lipinski definition) is 0. The lowest BCUT2D eigenvalue weighted by Gasteiger charge is -2.38. The second-order valence-corrected chi connectivity index (χ2v) is 8.23. The van der Waals surface area contributed by atoms with Crippen LogP contribution >= 0.6 is 0 Å². The molecule has 0 radical (unpaired) electrons. The van der Waals surface area contributed by atoms with Crippen LogP contribution in [0, 0.1) is 0 Å².